The molecule has 3 N–H and O–H groups in total. The number of nitrogens with one attached hydrogen (secondary N) is 3. The molecule has 1 amide bonds. The van der Waals surface area contributed by atoms with Crippen molar-refractivity contribution < 1.29 is 4.79 Å². The number of carbonyl (C=O) groups is 1. The van der Waals surface area contributed by atoms with Crippen LogP contribution in [-0.2, 0) is 6.54 Å². The lowest BCUT2D eigenvalue weighted by atomic mass is 9.84. The predicted octanol–water partition coefficient (Wildman–Crippen LogP) is 4.34. The Labute approximate surface area is 200 Å². The molecule has 9 nitrogen and oxygen atoms in total. The summed E-state index contributed by atoms with van der Waals surface area (Å²) < 4.78 is 1.47. The van der Waals surface area contributed by atoms with E-state index in [9.17, 15) is 4.79 Å². The van der Waals surface area contributed by atoms with Crippen LogP contribution in [0, 0.1) is 5.41 Å². The molecule has 1 aliphatic carbocycles. The van der Waals surface area contributed by atoms with E-state index in [-0.39, 0.29) is 12.1 Å². The van der Waals surface area contributed by atoms with Crippen LogP contribution in [0.3, 0.4) is 0 Å². The Kier molecular flexibility index (Phi) is 6.12. The molecule has 2 aliphatic rings. The van der Waals surface area contributed by atoms with Gasteiger partial charge in [0.1, 0.15) is 6.33 Å². The summed E-state index contributed by atoms with van der Waals surface area (Å²) in [6.45, 7) is 7.87. The van der Waals surface area contributed by atoms with Gasteiger partial charge in [-0.1, -0.05) is 26.0 Å². The normalized spacial score (nSPS) is 18.4. The van der Waals surface area contributed by atoms with Gasteiger partial charge in [-0.15, -0.1) is 0 Å². The second kappa shape index (κ2) is 9.21. The van der Waals surface area contributed by atoms with Crippen molar-refractivity contribution in [2.24, 2.45) is 5.41 Å². The van der Waals surface area contributed by atoms with Gasteiger partial charge in [-0.25, -0.2) is 14.3 Å². The highest BCUT2D eigenvalue weighted by atomic mass is 16.2. The lowest BCUT2D eigenvalue weighted by molar-refractivity contribution is 0.112. The maximum Gasteiger partial charge on any atom is 0.328 e. The Morgan fingerprint density at radius 2 is 2.06 bits per heavy atom. The van der Waals surface area contributed by atoms with E-state index in [0.29, 0.717) is 28.3 Å². The lowest BCUT2D eigenvalue weighted by Gasteiger charge is -2.38. The van der Waals surface area contributed by atoms with Crippen molar-refractivity contribution in [1.29, 1.82) is 0 Å². The van der Waals surface area contributed by atoms with E-state index in [0.717, 1.165) is 44.6 Å². The topological polar surface area (TPSA) is 100 Å². The molecule has 0 unspecified atom stereocenters. The molecule has 3 heterocycles. The minimum atomic E-state index is -0.203. The molecule has 5 rings (SSSR count). The minimum Gasteiger partial charge on any atom is -0.371 e. The van der Waals surface area contributed by atoms with Gasteiger partial charge in [0, 0.05) is 31.9 Å². The van der Waals surface area contributed by atoms with Gasteiger partial charge in [0.2, 0.25) is 5.95 Å². The van der Waals surface area contributed by atoms with Crippen molar-refractivity contribution in [2.75, 3.05) is 30.8 Å². The number of benzene rings is 1. The summed E-state index contributed by atoms with van der Waals surface area (Å²) >= 11 is 0. The molecule has 0 atom stereocenters. The van der Waals surface area contributed by atoms with Crippen LogP contribution in [0.1, 0.15) is 51.5 Å². The maximum atomic E-state index is 12.8. The first-order valence-electron chi connectivity index (χ1n) is 12.2. The van der Waals surface area contributed by atoms with Crippen molar-refractivity contribution in [3.8, 4) is 0 Å². The molecule has 0 radical (unpaired) electrons. The number of anilines is 3. The third-order valence-electron chi connectivity index (χ3n) is 6.85. The molecule has 34 heavy (non-hydrogen) atoms. The average Bonchev–Trinajstić information content (AvgIpc) is 3.19. The van der Waals surface area contributed by atoms with Gasteiger partial charge < -0.3 is 16.0 Å². The number of likely N-dealkylation sites (tertiary alicyclic amines) is 1. The second-order valence-electron chi connectivity index (χ2n) is 10.3. The van der Waals surface area contributed by atoms with Gasteiger partial charge >= 0.3 is 6.03 Å². The van der Waals surface area contributed by atoms with Gasteiger partial charge in [0.15, 0.2) is 17.0 Å². The monoisotopic (exact) mass is 462 g/mol. The lowest BCUT2D eigenvalue weighted by Crippen LogP contribution is -2.41. The van der Waals surface area contributed by atoms with Crippen LogP contribution in [0.5, 0.6) is 0 Å². The zero-order chi connectivity index (χ0) is 23.7. The van der Waals surface area contributed by atoms with Gasteiger partial charge in [-0.3, -0.25) is 4.90 Å². The Balaban J connectivity index is 1.36. The van der Waals surface area contributed by atoms with Crippen molar-refractivity contribution >= 4 is 34.6 Å². The smallest absolute Gasteiger partial charge is 0.328 e. The number of imidazole rings is 1. The summed E-state index contributed by atoms with van der Waals surface area (Å²) in [6, 6.07) is 8.41. The maximum absolute atomic E-state index is 12.8. The molecule has 3 aromatic rings. The Hall–Kier alpha value is -3.20. The number of nitrogens with zero attached hydrogens (tertiary/aromatic N) is 5. The molecule has 1 saturated carbocycles. The number of amides is 1. The van der Waals surface area contributed by atoms with Gasteiger partial charge in [-0.05, 0) is 61.8 Å². The molecule has 0 bridgehead atoms. The van der Waals surface area contributed by atoms with Gasteiger partial charge in [-0.2, -0.15) is 9.97 Å². The molecule has 1 aliphatic heterocycles. The van der Waals surface area contributed by atoms with E-state index in [1.54, 1.807) is 7.05 Å². The molecule has 2 fully saturated rings. The van der Waals surface area contributed by atoms with Crippen LogP contribution in [0.25, 0.3) is 11.2 Å². The second-order valence-corrected chi connectivity index (χ2v) is 10.3. The number of hydrogen-bond donors (Lipinski definition) is 3. The van der Waals surface area contributed by atoms with Crippen LogP contribution in [0.15, 0.2) is 30.6 Å². The summed E-state index contributed by atoms with van der Waals surface area (Å²) in [7, 11) is 1.79. The highest BCUT2D eigenvalue weighted by Gasteiger charge is 2.26. The fraction of sp³-hybridized carbons (Fsp3) is 0.520. The highest BCUT2D eigenvalue weighted by Crippen LogP contribution is 2.30. The number of carbonyl (C=O) groups excluding carboxylic acids is 1. The van der Waals surface area contributed by atoms with Crippen molar-refractivity contribution in [3.63, 3.8) is 0 Å². The third-order valence-corrected chi connectivity index (χ3v) is 6.85. The fourth-order valence-electron chi connectivity index (χ4n) is 4.89. The van der Waals surface area contributed by atoms with Crippen LogP contribution in [0.2, 0.25) is 0 Å². The largest absolute Gasteiger partial charge is 0.371 e. The van der Waals surface area contributed by atoms with E-state index in [2.05, 4.69) is 67.8 Å². The molecule has 180 valence electrons. The summed E-state index contributed by atoms with van der Waals surface area (Å²) in [6.07, 6.45) is 7.24. The molecule has 1 saturated heterocycles. The minimum absolute atomic E-state index is 0.203. The van der Waals surface area contributed by atoms with Gasteiger partial charge in [0.05, 0.1) is 0 Å². The molecule has 9 heteroatoms. The predicted molar refractivity (Wildman–Crippen MR) is 134 cm³/mol. The van der Waals surface area contributed by atoms with E-state index in [1.807, 2.05) is 6.07 Å². The molecular weight excluding hydrogens is 428 g/mol. The van der Waals surface area contributed by atoms with Crippen LogP contribution >= 0.6 is 0 Å². The number of piperidine rings is 1. The third kappa shape index (κ3) is 4.84. The first-order valence-corrected chi connectivity index (χ1v) is 12.2. The van der Waals surface area contributed by atoms with Crippen LogP contribution < -0.4 is 16.0 Å². The quantitative estimate of drug-likeness (QED) is 0.501. The van der Waals surface area contributed by atoms with Gasteiger partial charge in [0.25, 0.3) is 0 Å². The Morgan fingerprint density at radius 3 is 2.79 bits per heavy atom. The first-order chi connectivity index (χ1) is 16.4. The Bertz CT molecular complexity index is 1180. The Morgan fingerprint density at radius 1 is 1.21 bits per heavy atom. The van der Waals surface area contributed by atoms with E-state index >= 15 is 0 Å². The number of aromatic nitrogens is 4. The summed E-state index contributed by atoms with van der Waals surface area (Å²) in [5.74, 6) is 1.00. The SMILES string of the molecule is CNc1nc(Nc2cccc(CN3CCCC(C)(C)C3)c2)nc2c1ncn2C(=O)NC1CCC1. The first kappa shape index (κ1) is 22.6. The van der Waals surface area contributed by atoms with Crippen LogP contribution in [-0.4, -0.2) is 56.6 Å². The van der Waals surface area contributed by atoms with Crippen molar-refractivity contribution in [1.82, 2.24) is 29.7 Å². The zero-order valence-corrected chi connectivity index (χ0v) is 20.3. The zero-order valence-electron chi connectivity index (χ0n) is 20.3. The highest BCUT2D eigenvalue weighted by molar-refractivity contribution is 5.92. The summed E-state index contributed by atoms with van der Waals surface area (Å²) in [4.78, 5) is 28.9. The summed E-state index contributed by atoms with van der Waals surface area (Å²) in [5, 5.41) is 9.46. The molecular formula is C25H34N8O. The fourth-order valence-corrected chi connectivity index (χ4v) is 4.89. The van der Waals surface area contributed by atoms with E-state index < -0.39 is 0 Å². The molecule has 0 spiro atoms. The molecule has 2 aromatic heterocycles. The van der Waals surface area contributed by atoms with Crippen molar-refractivity contribution in [3.05, 3.63) is 36.2 Å². The number of rotatable bonds is 6. The number of hydrogen-bond acceptors (Lipinski definition) is 7. The van der Waals surface area contributed by atoms with Crippen molar-refractivity contribution in [2.45, 2.75) is 58.5 Å². The standard InChI is InChI=1S/C25H34N8O/c1-25(2)11-6-12-32(15-25)14-17-7-4-10-19(13-17)28-23-30-21(26-3)20-22(31-23)33(16-27-20)24(34)29-18-8-5-9-18/h4,7,10,13,16,18H,5-6,8-9,11-12,14-15H2,1-3H3,(H,29,34)(H2,26,28,30,31). The number of fused-ring (bicyclic) bond motifs is 1. The molecule has 1 aromatic carbocycles. The van der Waals surface area contributed by atoms with E-state index in [1.165, 1.54) is 29.3 Å². The van der Waals surface area contributed by atoms with E-state index in [4.69, 9.17) is 0 Å². The van der Waals surface area contributed by atoms with Crippen LogP contribution in [0.4, 0.5) is 22.2 Å². The summed E-state index contributed by atoms with van der Waals surface area (Å²) in [5.41, 5.74) is 3.58. The average molecular weight is 463 g/mol.